The molecule has 0 atom stereocenters. The summed E-state index contributed by atoms with van der Waals surface area (Å²) in [5.41, 5.74) is 0. The van der Waals surface area contributed by atoms with Gasteiger partial charge in [-0.1, -0.05) is 18.3 Å². The Morgan fingerprint density at radius 1 is 1.14 bits per heavy atom. The zero-order chi connectivity index (χ0) is 15.7. The van der Waals surface area contributed by atoms with Crippen LogP contribution in [0.2, 0.25) is 0 Å². The van der Waals surface area contributed by atoms with Crippen molar-refractivity contribution >= 4 is 28.3 Å². The van der Waals surface area contributed by atoms with Gasteiger partial charge in [-0.25, -0.2) is 0 Å². The van der Waals surface area contributed by atoms with E-state index in [1.54, 1.807) is 0 Å². The lowest BCUT2D eigenvalue weighted by Crippen LogP contribution is -3.12. The fourth-order valence-electron chi connectivity index (χ4n) is 1.81. The predicted octanol–water partition coefficient (Wildman–Crippen LogP) is -0.530. The van der Waals surface area contributed by atoms with Crippen LogP contribution in [0.5, 0.6) is 0 Å². The summed E-state index contributed by atoms with van der Waals surface area (Å²) in [6, 6.07) is 0. The van der Waals surface area contributed by atoms with E-state index in [0.717, 1.165) is 37.5 Å². The van der Waals surface area contributed by atoms with Gasteiger partial charge in [0.05, 0.1) is 26.2 Å². The monoisotopic (exact) mass is 314 g/mol. The molecule has 0 saturated carbocycles. The smallest absolute Gasteiger partial charge is 0.315 e. The highest BCUT2D eigenvalue weighted by atomic mass is 32.1. The minimum Gasteiger partial charge on any atom is -0.342 e. The molecule has 0 bridgehead atoms. The van der Waals surface area contributed by atoms with Gasteiger partial charge in [-0.05, 0) is 20.3 Å². The molecule has 0 aliphatic heterocycles. The number of hydrogen-bond donors (Lipinski definition) is 3. The Hall–Kier alpha value is -1.54. The fraction of sp³-hybridized carbons (Fsp3) is 0.692. The lowest BCUT2D eigenvalue weighted by Gasteiger charge is -2.15. The number of hydrogen-bond acceptors (Lipinski definition) is 5. The Morgan fingerprint density at radius 3 is 2.48 bits per heavy atom. The number of rotatable bonds is 8. The molecular weight excluding hydrogens is 290 g/mol. The van der Waals surface area contributed by atoms with Gasteiger partial charge in [0, 0.05) is 6.42 Å². The van der Waals surface area contributed by atoms with E-state index in [1.807, 2.05) is 6.92 Å². The molecule has 2 amide bonds. The van der Waals surface area contributed by atoms with E-state index in [9.17, 15) is 9.59 Å². The SMILES string of the molecule is CCCc1nnc(NC(=O)C(=O)NCC[NH+](CC)CC)s1. The van der Waals surface area contributed by atoms with E-state index >= 15 is 0 Å². The molecule has 0 spiro atoms. The van der Waals surface area contributed by atoms with E-state index in [-0.39, 0.29) is 0 Å². The molecule has 8 heteroatoms. The van der Waals surface area contributed by atoms with Crippen LogP contribution in [0.15, 0.2) is 0 Å². The Kier molecular flexibility index (Phi) is 7.84. The topological polar surface area (TPSA) is 88.4 Å². The van der Waals surface area contributed by atoms with Gasteiger partial charge >= 0.3 is 11.8 Å². The molecule has 0 fully saturated rings. The number of carbonyl (C=O) groups is 2. The minimum atomic E-state index is -0.691. The number of nitrogens with zero attached hydrogens (tertiary/aromatic N) is 2. The average molecular weight is 314 g/mol. The summed E-state index contributed by atoms with van der Waals surface area (Å²) >= 11 is 1.30. The second kappa shape index (κ2) is 9.41. The first kappa shape index (κ1) is 17.5. The Balaban J connectivity index is 2.35. The third-order valence-electron chi connectivity index (χ3n) is 3.12. The van der Waals surface area contributed by atoms with Gasteiger partial charge in [0.1, 0.15) is 5.01 Å². The van der Waals surface area contributed by atoms with Crippen molar-refractivity contribution in [3.8, 4) is 0 Å². The molecule has 3 N–H and O–H groups in total. The van der Waals surface area contributed by atoms with E-state index in [2.05, 4.69) is 34.7 Å². The molecule has 1 aromatic heterocycles. The second-order valence-corrected chi connectivity index (χ2v) is 5.73. The average Bonchev–Trinajstić information content (AvgIpc) is 2.91. The Bertz CT molecular complexity index is 459. The van der Waals surface area contributed by atoms with E-state index < -0.39 is 11.8 Å². The van der Waals surface area contributed by atoms with Crippen molar-refractivity contribution in [2.75, 3.05) is 31.5 Å². The van der Waals surface area contributed by atoms with Crippen LogP contribution >= 0.6 is 11.3 Å². The first-order chi connectivity index (χ1) is 10.1. The van der Waals surface area contributed by atoms with Crippen LogP contribution in [0.25, 0.3) is 0 Å². The van der Waals surface area contributed by atoms with Crippen LogP contribution in [0.3, 0.4) is 0 Å². The van der Waals surface area contributed by atoms with Gasteiger partial charge < -0.3 is 10.2 Å². The maximum Gasteiger partial charge on any atom is 0.315 e. The quantitative estimate of drug-likeness (QED) is 0.563. The van der Waals surface area contributed by atoms with Crippen molar-refractivity contribution in [3.63, 3.8) is 0 Å². The maximum absolute atomic E-state index is 11.7. The molecule has 0 aromatic carbocycles. The summed E-state index contributed by atoms with van der Waals surface area (Å²) in [7, 11) is 0. The third-order valence-corrected chi connectivity index (χ3v) is 4.02. The molecular formula is C13H24N5O2S+. The Morgan fingerprint density at radius 2 is 1.86 bits per heavy atom. The lowest BCUT2D eigenvalue weighted by atomic mass is 10.4. The Labute approximate surface area is 129 Å². The molecule has 1 rings (SSSR count). The summed E-state index contributed by atoms with van der Waals surface area (Å²) in [6.45, 7) is 9.54. The lowest BCUT2D eigenvalue weighted by molar-refractivity contribution is -0.895. The van der Waals surface area contributed by atoms with Gasteiger partial charge in [-0.3, -0.25) is 14.9 Å². The molecule has 21 heavy (non-hydrogen) atoms. The highest BCUT2D eigenvalue weighted by molar-refractivity contribution is 7.15. The van der Waals surface area contributed by atoms with Crippen LogP contribution in [0.1, 0.15) is 32.2 Å². The van der Waals surface area contributed by atoms with Crippen LogP contribution in [0.4, 0.5) is 5.13 Å². The molecule has 0 unspecified atom stereocenters. The summed E-state index contributed by atoms with van der Waals surface area (Å²) in [5.74, 6) is -1.32. The number of aromatic nitrogens is 2. The van der Waals surface area contributed by atoms with Gasteiger partial charge in [-0.2, -0.15) is 0 Å². The van der Waals surface area contributed by atoms with Crippen molar-refractivity contribution in [1.82, 2.24) is 15.5 Å². The van der Waals surface area contributed by atoms with E-state index in [0.29, 0.717) is 11.7 Å². The third kappa shape index (κ3) is 6.17. The van der Waals surface area contributed by atoms with Crippen LogP contribution in [-0.2, 0) is 16.0 Å². The first-order valence-electron chi connectivity index (χ1n) is 7.35. The minimum absolute atomic E-state index is 0.368. The number of likely N-dealkylation sites (N-methyl/N-ethyl adjacent to an activating group) is 1. The summed E-state index contributed by atoms with van der Waals surface area (Å²) in [6.07, 6.45) is 1.79. The standard InChI is InChI=1S/C13H23N5O2S/c1-4-7-10-16-17-13(21-10)15-12(20)11(19)14-8-9-18(5-2)6-3/h4-9H2,1-3H3,(H,14,19)(H,15,17,20)/p+1. The normalized spacial score (nSPS) is 10.7. The molecule has 0 radical (unpaired) electrons. The molecule has 0 aliphatic carbocycles. The van der Waals surface area contributed by atoms with Crippen molar-refractivity contribution in [1.29, 1.82) is 0 Å². The summed E-state index contributed by atoms with van der Waals surface area (Å²) in [4.78, 5) is 24.7. The highest BCUT2D eigenvalue weighted by Gasteiger charge is 2.16. The number of aryl methyl sites for hydroxylation is 1. The summed E-state index contributed by atoms with van der Waals surface area (Å²) < 4.78 is 0. The van der Waals surface area contributed by atoms with Crippen molar-refractivity contribution in [2.45, 2.75) is 33.6 Å². The molecule has 0 aliphatic rings. The number of nitrogens with one attached hydrogen (secondary N) is 3. The first-order valence-corrected chi connectivity index (χ1v) is 8.17. The van der Waals surface area contributed by atoms with Crippen LogP contribution in [0, 0.1) is 0 Å². The molecule has 7 nitrogen and oxygen atoms in total. The number of amides is 2. The van der Waals surface area contributed by atoms with E-state index in [4.69, 9.17) is 0 Å². The van der Waals surface area contributed by atoms with Gasteiger partial charge in [0.15, 0.2) is 0 Å². The van der Waals surface area contributed by atoms with E-state index in [1.165, 1.54) is 16.2 Å². The highest BCUT2D eigenvalue weighted by Crippen LogP contribution is 2.16. The second-order valence-electron chi connectivity index (χ2n) is 4.67. The largest absolute Gasteiger partial charge is 0.342 e. The van der Waals surface area contributed by atoms with Crippen LogP contribution < -0.4 is 15.5 Å². The fourth-order valence-corrected chi connectivity index (χ4v) is 2.65. The van der Waals surface area contributed by atoms with Crippen molar-refractivity contribution in [2.24, 2.45) is 0 Å². The van der Waals surface area contributed by atoms with Crippen molar-refractivity contribution < 1.29 is 14.5 Å². The predicted molar refractivity (Wildman–Crippen MR) is 82.5 cm³/mol. The zero-order valence-corrected chi connectivity index (χ0v) is 13.7. The number of carbonyl (C=O) groups excluding carboxylic acids is 2. The maximum atomic E-state index is 11.7. The molecule has 0 saturated heterocycles. The van der Waals surface area contributed by atoms with Crippen molar-refractivity contribution in [3.05, 3.63) is 5.01 Å². The molecule has 1 aromatic rings. The number of anilines is 1. The zero-order valence-electron chi connectivity index (χ0n) is 12.9. The molecule has 118 valence electrons. The van der Waals surface area contributed by atoms with Gasteiger partial charge in [0.2, 0.25) is 5.13 Å². The van der Waals surface area contributed by atoms with Gasteiger partial charge in [0.25, 0.3) is 0 Å². The summed E-state index contributed by atoms with van der Waals surface area (Å²) in [5, 5.41) is 14.1. The number of quaternary nitrogens is 1. The van der Waals surface area contributed by atoms with Gasteiger partial charge in [-0.15, -0.1) is 10.2 Å². The molecule has 1 heterocycles. The van der Waals surface area contributed by atoms with Crippen LogP contribution in [-0.4, -0.2) is 48.2 Å².